The summed E-state index contributed by atoms with van der Waals surface area (Å²) >= 11 is 0. The van der Waals surface area contributed by atoms with Crippen LogP contribution in [0.25, 0.3) is 0 Å². The molecule has 1 rings (SSSR count). The van der Waals surface area contributed by atoms with Crippen molar-refractivity contribution >= 4 is 11.6 Å². The number of pyridine rings is 1. The second-order valence-electron chi connectivity index (χ2n) is 4.55. The van der Waals surface area contributed by atoms with Crippen LogP contribution in [0.4, 0.5) is 5.69 Å². The molecular formula is C13H21N3O2. The average molecular weight is 251 g/mol. The quantitative estimate of drug-likeness (QED) is 0.807. The number of rotatable bonds is 6. The van der Waals surface area contributed by atoms with Gasteiger partial charge in [-0.15, -0.1) is 0 Å². The lowest BCUT2D eigenvalue weighted by molar-refractivity contribution is -0.00815. The topological polar surface area (TPSA) is 63.2 Å². The van der Waals surface area contributed by atoms with E-state index < -0.39 is 0 Å². The van der Waals surface area contributed by atoms with Gasteiger partial charge in [-0.2, -0.15) is 0 Å². The lowest BCUT2D eigenvalue weighted by atomic mass is 10.1. The maximum Gasteiger partial charge on any atom is 0.253 e. The summed E-state index contributed by atoms with van der Waals surface area (Å²) in [6.07, 6.45) is 3.23. The second kappa shape index (κ2) is 6.35. The molecule has 0 unspecified atom stereocenters. The summed E-state index contributed by atoms with van der Waals surface area (Å²) in [6.45, 7) is 6.92. The van der Waals surface area contributed by atoms with E-state index >= 15 is 0 Å². The molecule has 5 heteroatoms. The van der Waals surface area contributed by atoms with E-state index in [1.165, 1.54) is 0 Å². The highest BCUT2D eigenvalue weighted by molar-refractivity contribution is 5.99. The van der Waals surface area contributed by atoms with E-state index in [1.54, 1.807) is 25.5 Å². The molecule has 1 aromatic rings. The SMILES string of the molecule is CCOC(C)(C)CNC(=O)c1ccncc1NC. The summed E-state index contributed by atoms with van der Waals surface area (Å²) in [5.74, 6) is -0.130. The van der Waals surface area contributed by atoms with Gasteiger partial charge in [0.05, 0.1) is 23.0 Å². The number of carbonyl (C=O) groups excluding carboxylic acids is 1. The molecular weight excluding hydrogens is 230 g/mol. The van der Waals surface area contributed by atoms with Gasteiger partial charge in [0, 0.05) is 26.4 Å². The molecule has 0 saturated heterocycles. The number of aromatic nitrogens is 1. The molecule has 0 radical (unpaired) electrons. The van der Waals surface area contributed by atoms with Crippen LogP contribution in [0.2, 0.25) is 0 Å². The molecule has 0 aliphatic carbocycles. The van der Waals surface area contributed by atoms with Gasteiger partial charge >= 0.3 is 0 Å². The van der Waals surface area contributed by atoms with Crippen molar-refractivity contribution in [2.75, 3.05) is 25.5 Å². The predicted molar refractivity (Wildman–Crippen MR) is 71.8 cm³/mol. The van der Waals surface area contributed by atoms with Crippen LogP contribution < -0.4 is 10.6 Å². The van der Waals surface area contributed by atoms with Crippen molar-refractivity contribution < 1.29 is 9.53 Å². The first-order valence-corrected chi connectivity index (χ1v) is 6.04. The van der Waals surface area contributed by atoms with E-state index in [-0.39, 0.29) is 11.5 Å². The van der Waals surface area contributed by atoms with Crippen molar-refractivity contribution in [2.45, 2.75) is 26.4 Å². The van der Waals surface area contributed by atoms with Crippen LogP contribution in [-0.2, 0) is 4.74 Å². The van der Waals surface area contributed by atoms with Crippen LogP contribution in [0.3, 0.4) is 0 Å². The highest BCUT2D eigenvalue weighted by atomic mass is 16.5. The first-order chi connectivity index (χ1) is 8.50. The molecule has 5 nitrogen and oxygen atoms in total. The van der Waals surface area contributed by atoms with E-state index in [0.717, 1.165) is 0 Å². The summed E-state index contributed by atoms with van der Waals surface area (Å²) in [7, 11) is 1.76. The fourth-order valence-corrected chi connectivity index (χ4v) is 1.62. The van der Waals surface area contributed by atoms with Crippen molar-refractivity contribution in [3.63, 3.8) is 0 Å². The molecule has 18 heavy (non-hydrogen) atoms. The third-order valence-electron chi connectivity index (χ3n) is 2.54. The number of nitrogens with zero attached hydrogens (tertiary/aromatic N) is 1. The van der Waals surface area contributed by atoms with Gasteiger partial charge in [-0.1, -0.05) is 0 Å². The van der Waals surface area contributed by atoms with Gasteiger partial charge in [-0.05, 0) is 26.8 Å². The van der Waals surface area contributed by atoms with E-state index in [1.807, 2.05) is 20.8 Å². The second-order valence-corrected chi connectivity index (χ2v) is 4.55. The Bertz CT molecular complexity index is 405. The molecule has 1 aromatic heterocycles. The molecule has 0 aliphatic rings. The molecule has 0 spiro atoms. The first kappa shape index (κ1) is 14.4. The van der Waals surface area contributed by atoms with Crippen LogP contribution in [0.5, 0.6) is 0 Å². The summed E-state index contributed by atoms with van der Waals surface area (Å²) in [5, 5.41) is 5.81. The molecule has 0 aromatic carbocycles. The lowest BCUT2D eigenvalue weighted by Gasteiger charge is -2.25. The van der Waals surface area contributed by atoms with Crippen molar-refractivity contribution in [3.8, 4) is 0 Å². The Labute approximate surface area is 108 Å². The summed E-state index contributed by atoms with van der Waals surface area (Å²) in [6, 6.07) is 1.69. The highest BCUT2D eigenvalue weighted by Gasteiger charge is 2.19. The minimum absolute atomic E-state index is 0.130. The van der Waals surface area contributed by atoms with Gasteiger partial charge in [0.15, 0.2) is 0 Å². The Morgan fingerprint density at radius 2 is 2.22 bits per heavy atom. The third kappa shape index (κ3) is 4.00. The smallest absolute Gasteiger partial charge is 0.253 e. The van der Waals surface area contributed by atoms with Gasteiger partial charge in [0.1, 0.15) is 0 Å². The van der Waals surface area contributed by atoms with Crippen LogP contribution in [0.15, 0.2) is 18.5 Å². The van der Waals surface area contributed by atoms with Crippen LogP contribution >= 0.6 is 0 Å². The van der Waals surface area contributed by atoms with E-state index in [4.69, 9.17) is 4.74 Å². The number of nitrogens with one attached hydrogen (secondary N) is 2. The number of ether oxygens (including phenoxy) is 1. The molecule has 1 heterocycles. The number of carbonyl (C=O) groups is 1. The number of anilines is 1. The fourth-order valence-electron chi connectivity index (χ4n) is 1.62. The molecule has 0 saturated carbocycles. The summed E-state index contributed by atoms with van der Waals surface area (Å²) in [5.41, 5.74) is 0.932. The molecule has 0 fully saturated rings. The zero-order chi connectivity index (χ0) is 13.6. The summed E-state index contributed by atoms with van der Waals surface area (Å²) < 4.78 is 5.53. The normalized spacial score (nSPS) is 11.1. The van der Waals surface area contributed by atoms with Crippen molar-refractivity contribution in [3.05, 3.63) is 24.0 Å². The van der Waals surface area contributed by atoms with Gasteiger partial charge in [-0.3, -0.25) is 9.78 Å². The maximum absolute atomic E-state index is 12.0. The Hall–Kier alpha value is -1.62. The molecule has 100 valence electrons. The largest absolute Gasteiger partial charge is 0.386 e. The maximum atomic E-state index is 12.0. The van der Waals surface area contributed by atoms with Gasteiger partial charge < -0.3 is 15.4 Å². The minimum atomic E-state index is -0.364. The van der Waals surface area contributed by atoms with Crippen LogP contribution in [-0.4, -0.2) is 36.7 Å². The zero-order valence-electron chi connectivity index (χ0n) is 11.4. The minimum Gasteiger partial charge on any atom is -0.386 e. The Morgan fingerprint density at radius 3 is 2.83 bits per heavy atom. The fraction of sp³-hybridized carbons (Fsp3) is 0.538. The van der Waals surface area contributed by atoms with Crippen molar-refractivity contribution in [2.24, 2.45) is 0 Å². The van der Waals surface area contributed by atoms with Gasteiger partial charge in [-0.25, -0.2) is 0 Å². The van der Waals surface area contributed by atoms with Gasteiger partial charge in [0.2, 0.25) is 0 Å². The molecule has 0 bridgehead atoms. The standard InChI is InChI=1S/C13H21N3O2/c1-5-18-13(2,3)9-16-12(17)10-6-7-15-8-11(10)14-4/h6-8,14H,5,9H2,1-4H3,(H,16,17). The van der Waals surface area contributed by atoms with E-state index in [0.29, 0.717) is 24.4 Å². The molecule has 0 atom stereocenters. The van der Waals surface area contributed by atoms with Gasteiger partial charge in [0.25, 0.3) is 5.91 Å². The number of hydrogen-bond donors (Lipinski definition) is 2. The van der Waals surface area contributed by atoms with Crippen LogP contribution in [0, 0.1) is 0 Å². The van der Waals surface area contributed by atoms with Crippen LogP contribution in [0.1, 0.15) is 31.1 Å². The van der Waals surface area contributed by atoms with Crippen molar-refractivity contribution in [1.29, 1.82) is 0 Å². The Morgan fingerprint density at radius 1 is 1.50 bits per heavy atom. The molecule has 0 aliphatic heterocycles. The highest BCUT2D eigenvalue weighted by Crippen LogP contribution is 2.13. The average Bonchev–Trinajstić information content (AvgIpc) is 2.36. The molecule has 1 amide bonds. The third-order valence-corrected chi connectivity index (χ3v) is 2.54. The Balaban J connectivity index is 2.66. The van der Waals surface area contributed by atoms with E-state index in [2.05, 4.69) is 15.6 Å². The van der Waals surface area contributed by atoms with E-state index in [9.17, 15) is 4.79 Å². The monoisotopic (exact) mass is 251 g/mol. The summed E-state index contributed by atoms with van der Waals surface area (Å²) in [4.78, 5) is 16.0. The lowest BCUT2D eigenvalue weighted by Crippen LogP contribution is -2.40. The van der Waals surface area contributed by atoms with Crippen molar-refractivity contribution in [1.82, 2.24) is 10.3 Å². The zero-order valence-corrected chi connectivity index (χ0v) is 11.4. The first-order valence-electron chi connectivity index (χ1n) is 6.04. The number of hydrogen-bond acceptors (Lipinski definition) is 4. The Kier molecular flexibility index (Phi) is 5.09. The predicted octanol–water partition coefficient (Wildman–Crippen LogP) is 1.67. The molecule has 2 N–H and O–H groups in total. The number of amides is 1.